The van der Waals surface area contributed by atoms with E-state index >= 15 is 0 Å². The van der Waals surface area contributed by atoms with E-state index in [-0.39, 0.29) is 5.91 Å². The molecule has 1 aliphatic rings. The smallest absolute Gasteiger partial charge is 0.222 e. The normalized spacial score (nSPS) is 16.1. The van der Waals surface area contributed by atoms with Crippen LogP contribution in [0.25, 0.3) is 0 Å². The molecular weight excluding hydrogens is 236 g/mol. The van der Waals surface area contributed by atoms with Crippen LogP contribution in [0.2, 0.25) is 0 Å². The number of aryl methyl sites for hydroxylation is 1. The number of carbonyl (C=O) groups is 1. The van der Waals surface area contributed by atoms with Crippen molar-refractivity contribution in [1.82, 2.24) is 4.90 Å². The molecule has 0 bridgehead atoms. The van der Waals surface area contributed by atoms with Crippen LogP contribution in [-0.4, -0.2) is 23.9 Å². The molecule has 1 fully saturated rings. The largest absolute Gasteiger partial charge is 0.343 e. The first-order valence-electron chi connectivity index (χ1n) is 6.96. The highest BCUT2D eigenvalue weighted by Crippen LogP contribution is 2.17. The Morgan fingerprint density at radius 3 is 2.53 bits per heavy atom. The van der Waals surface area contributed by atoms with Gasteiger partial charge in [-0.15, -0.1) is 0 Å². The lowest BCUT2D eigenvalue weighted by molar-refractivity contribution is -0.132. The van der Waals surface area contributed by atoms with Gasteiger partial charge in [0.15, 0.2) is 0 Å². The van der Waals surface area contributed by atoms with Crippen LogP contribution in [0.4, 0.5) is 0 Å². The molecule has 0 atom stereocenters. The van der Waals surface area contributed by atoms with Gasteiger partial charge < -0.3 is 4.90 Å². The van der Waals surface area contributed by atoms with E-state index in [1.807, 2.05) is 29.2 Å². The molecule has 0 N–H and O–H groups in total. The van der Waals surface area contributed by atoms with E-state index in [1.54, 1.807) is 0 Å². The van der Waals surface area contributed by atoms with Crippen molar-refractivity contribution < 1.29 is 4.79 Å². The number of hydrogen-bond donors (Lipinski definition) is 0. The Bertz CT molecular complexity index is 465. The van der Waals surface area contributed by atoms with Crippen molar-refractivity contribution in [3.8, 4) is 6.07 Å². The molecule has 3 heteroatoms. The Hall–Kier alpha value is -1.82. The molecule has 3 nitrogen and oxygen atoms in total. The van der Waals surface area contributed by atoms with Crippen molar-refractivity contribution in [2.24, 2.45) is 5.92 Å². The molecule has 0 aliphatic carbocycles. The van der Waals surface area contributed by atoms with Gasteiger partial charge in [-0.1, -0.05) is 19.1 Å². The molecule has 0 radical (unpaired) electrons. The Labute approximate surface area is 114 Å². The summed E-state index contributed by atoms with van der Waals surface area (Å²) < 4.78 is 0. The highest BCUT2D eigenvalue weighted by molar-refractivity contribution is 5.76. The molecule has 0 unspecified atom stereocenters. The molecule has 1 saturated heterocycles. The van der Waals surface area contributed by atoms with E-state index in [0.29, 0.717) is 12.0 Å². The molecule has 0 saturated carbocycles. The minimum absolute atomic E-state index is 0.260. The summed E-state index contributed by atoms with van der Waals surface area (Å²) in [6.45, 7) is 4.07. The summed E-state index contributed by atoms with van der Waals surface area (Å²) in [5, 5.41) is 8.73. The van der Waals surface area contributed by atoms with Crippen molar-refractivity contribution in [3.05, 3.63) is 35.4 Å². The average Bonchev–Trinajstić information content (AvgIpc) is 2.46. The molecule has 0 spiro atoms. The minimum atomic E-state index is 0.260. The zero-order valence-electron chi connectivity index (χ0n) is 11.4. The molecule has 19 heavy (non-hydrogen) atoms. The van der Waals surface area contributed by atoms with Crippen molar-refractivity contribution in [1.29, 1.82) is 5.26 Å². The molecule has 1 heterocycles. The lowest BCUT2D eigenvalue weighted by Crippen LogP contribution is -2.37. The van der Waals surface area contributed by atoms with Crippen LogP contribution in [-0.2, 0) is 11.2 Å². The fourth-order valence-corrected chi connectivity index (χ4v) is 2.41. The summed E-state index contributed by atoms with van der Waals surface area (Å²) in [6.07, 6.45) is 3.59. The van der Waals surface area contributed by atoms with Crippen LogP contribution in [0.5, 0.6) is 0 Å². The van der Waals surface area contributed by atoms with Crippen molar-refractivity contribution in [2.45, 2.75) is 32.6 Å². The van der Waals surface area contributed by atoms with Crippen LogP contribution in [0.15, 0.2) is 24.3 Å². The second-order valence-corrected chi connectivity index (χ2v) is 5.37. The van der Waals surface area contributed by atoms with Gasteiger partial charge in [0, 0.05) is 19.5 Å². The van der Waals surface area contributed by atoms with Crippen LogP contribution >= 0.6 is 0 Å². The standard InChI is InChI=1S/C16H20N2O/c1-13-8-10-18(11-9-13)16(19)7-6-14-2-4-15(12-17)5-3-14/h2-5,13H,6-11H2,1H3. The fraction of sp³-hybridized carbons (Fsp3) is 0.500. The van der Waals surface area contributed by atoms with Gasteiger partial charge in [0.05, 0.1) is 11.6 Å². The Kier molecular flexibility index (Phi) is 4.57. The third kappa shape index (κ3) is 3.82. The molecule has 2 rings (SSSR count). The third-order valence-corrected chi connectivity index (χ3v) is 3.85. The zero-order chi connectivity index (χ0) is 13.7. The summed E-state index contributed by atoms with van der Waals surface area (Å²) in [5.41, 5.74) is 1.79. The maximum Gasteiger partial charge on any atom is 0.222 e. The molecule has 0 aromatic heterocycles. The Morgan fingerprint density at radius 2 is 1.95 bits per heavy atom. The first-order chi connectivity index (χ1) is 9.19. The maximum absolute atomic E-state index is 12.1. The van der Waals surface area contributed by atoms with E-state index in [0.717, 1.165) is 43.8 Å². The van der Waals surface area contributed by atoms with Crippen LogP contribution in [0.3, 0.4) is 0 Å². The van der Waals surface area contributed by atoms with E-state index in [1.165, 1.54) is 0 Å². The summed E-state index contributed by atoms with van der Waals surface area (Å²) in [7, 11) is 0. The number of likely N-dealkylation sites (tertiary alicyclic amines) is 1. The van der Waals surface area contributed by atoms with Crippen LogP contribution in [0.1, 0.15) is 37.3 Å². The second-order valence-electron chi connectivity index (χ2n) is 5.37. The fourth-order valence-electron chi connectivity index (χ4n) is 2.41. The Balaban J connectivity index is 1.81. The van der Waals surface area contributed by atoms with Gasteiger partial charge in [0.1, 0.15) is 0 Å². The van der Waals surface area contributed by atoms with Gasteiger partial charge in [-0.3, -0.25) is 4.79 Å². The average molecular weight is 256 g/mol. The molecule has 1 aliphatic heterocycles. The minimum Gasteiger partial charge on any atom is -0.343 e. The number of benzene rings is 1. The monoisotopic (exact) mass is 256 g/mol. The lowest BCUT2D eigenvalue weighted by Gasteiger charge is -2.30. The van der Waals surface area contributed by atoms with E-state index in [9.17, 15) is 4.79 Å². The highest BCUT2D eigenvalue weighted by Gasteiger charge is 2.19. The lowest BCUT2D eigenvalue weighted by atomic mass is 9.98. The SMILES string of the molecule is CC1CCN(C(=O)CCc2ccc(C#N)cc2)CC1. The van der Waals surface area contributed by atoms with Gasteiger partial charge in [0.25, 0.3) is 0 Å². The first kappa shape index (κ1) is 13.6. The topological polar surface area (TPSA) is 44.1 Å². The van der Waals surface area contributed by atoms with Crippen molar-refractivity contribution in [2.75, 3.05) is 13.1 Å². The van der Waals surface area contributed by atoms with Gasteiger partial charge in [-0.2, -0.15) is 5.26 Å². The van der Waals surface area contributed by atoms with E-state index in [2.05, 4.69) is 13.0 Å². The van der Waals surface area contributed by atoms with Gasteiger partial charge in [-0.05, 0) is 42.9 Å². The maximum atomic E-state index is 12.1. The van der Waals surface area contributed by atoms with Gasteiger partial charge >= 0.3 is 0 Å². The molecule has 1 amide bonds. The number of amides is 1. The van der Waals surface area contributed by atoms with E-state index < -0.39 is 0 Å². The van der Waals surface area contributed by atoms with Crippen LogP contribution in [0, 0.1) is 17.2 Å². The second kappa shape index (κ2) is 6.38. The summed E-state index contributed by atoms with van der Waals surface area (Å²) >= 11 is 0. The molecular formula is C16H20N2O. The number of nitriles is 1. The molecule has 100 valence electrons. The van der Waals surface area contributed by atoms with Crippen LogP contribution < -0.4 is 0 Å². The summed E-state index contributed by atoms with van der Waals surface area (Å²) in [4.78, 5) is 14.1. The van der Waals surface area contributed by atoms with Gasteiger partial charge in [-0.25, -0.2) is 0 Å². The molecule has 1 aromatic carbocycles. The quantitative estimate of drug-likeness (QED) is 0.834. The third-order valence-electron chi connectivity index (χ3n) is 3.85. The predicted molar refractivity (Wildman–Crippen MR) is 74.5 cm³/mol. The number of piperidine rings is 1. The first-order valence-corrected chi connectivity index (χ1v) is 6.96. The van der Waals surface area contributed by atoms with Gasteiger partial charge in [0.2, 0.25) is 5.91 Å². The predicted octanol–water partition coefficient (Wildman–Crippen LogP) is 2.75. The van der Waals surface area contributed by atoms with Crippen molar-refractivity contribution >= 4 is 5.91 Å². The highest BCUT2D eigenvalue weighted by atomic mass is 16.2. The summed E-state index contributed by atoms with van der Waals surface area (Å²) in [5.74, 6) is 1.01. The number of hydrogen-bond acceptors (Lipinski definition) is 2. The Morgan fingerprint density at radius 1 is 1.32 bits per heavy atom. The number of nitrogens with zero attached hydrogens (tertiary/aromatic N) is 2. The number of carbonyl (C=O) groups excluding carboxylic acids is 1. The summed E-state index contributed by atoms with van der Waals surface area (Å²) in [6, 6.07) is 9.58. The molecule has 1 aromatic rings. The van der Waals surface area contributed by atoms with E-state index in [4.69, 9.17) is 5.26 Å². The zero-order valence-corrected chi connectivity index (χ0v) is 11.4. The number of rotatable bonds is 3. The van der Waals surface area contributed by atoms with Crippen molar-refractivity contribution in [3.63, 3.8) is 0 Å².